The van der Waals surface area contributed by atoms with E-state index in [0.29, 0.717) is 12.2 Å². The third kappa shape index (κ3) is 1.98. The molecule has 0 aliphatic carbocycles. The average molecular weight is 169 g/mol. The largest absolute Gasteiger partial charge is 0.481 e. The van der Waals surface area contributed by atoms with Crippen LogP contribution in [0.15, 0.2) is 6.07 Å². The summed E-state index contributed by atoms with van der Waals surface area (Å²) in [5.74, 6) is -0.837. The molecule has 12 heavy (non-hydrogen) atoms. The summed E-state index contributed by atoms with van der Waals surface area (Å²) in [5.41, 5.74) is 6.09. The van der Waals surface area contributed by atoms with Crippen molar-refractivity contribution < 1.29 is 9.90 Å². The minimum atomic E-state index is -0.817. The lowest BCUT2D eigenvalue weighted by molar-refractivity contribution is -0.141. The molecule has 1 unspecified atom stereocenters. The maximum absolute atomic E-state index is 10.4. The van der Waals surface area contributed by atoms with E-state index in [0.717, 1.165) is 5.69 Å². The molecule has 1 aromatic rings. The second kappa shape index (κ2) is 3.25. The second-order valence-electron chi connectivity index (χ2n) is 2.76. The van der Waals surface area contributed by atoms with Crippen molar-refractivity contribution in [2.24, 2.45) is 5.92 Å². The van der Waals surface area contributed by atoms with Gasteiger partial charge in [0.15, 0.2) is 0 Å². The monoisotopic (exact) mass is 169 g/mol. The summed E-state index contributed by atoms with van der Waals surface area (Å²) >= 11 is 0. The van der Waals surface area contributed by atoms with Gasteiger partial charge in [0.1, 0.15) is 5.82 Å². The van der Waals surface area contributed by atoms with E-state index < -0.39 is 11.9 Å². The Balaban J connectivity index is 2.58. The van der Waals surface area contributed by atoms with Crippen molar-refractivity contribution in [3.05, 3.63) is 11.8 Å². The fourth-order valence-electron chi connectivity index (χ4n) is 0.901. The van der Waals surface area contributed by atoms with Crippen molar-refractivity contribution in [2.45, 2.75) is 13.3 Å². The number of rotatable bonds is 3. The number of hydrogen-bond donors (Lipinski definition) is 3. The molecule has 66 valence electrons. The lowest BCUT2D eigenvalue weighted by Crippen LogP contribution is -2.12. The minimum absolute atomic E-state index is 0.391. The van der Waals surface area contributed by atoms with Crippen molar-refractivity contribution >= 4 is 11.8 Å². The molecule has 5 heteroatoms. The Hall–Kier alpha value is -1.52. The van der Waals surface area contributed by atoms with Crippen LogP contribution in [0.1, 0.15) is 12.6 Å². The third-order valence-electron chi connectivity index (χ3n) is 1.60. The smallest absolute Gasteiger partial charge is 0.306 e. The molecule has 5 nitrogen and oxygen atoms in total. The van der Waals surface area contributed by atoms with Crippen LogP contribution in [0.3, 0.4) is 0 Å². The highest BCUT2D eigenvalue weighted by Gasteiger charge is 2.12. The molecule has 0 saturated carbocycles. The number of aromatic nitrogens is 2. The molecule has 0 saturated heterocycles. The predicted molar refractivity (Wildman–Crippen MR) is 43.5 cm³/mol. The van der Waals surface area contributed by atoms with Crippen LogP contribution in [0.2, 0.25) is 0 Å². The fourth-order valence-corrected chi connectivity index (χ4v) is 0.901. The van der Waals surface area contributed by atoms with E-state index in [1.807, 2.05) is 0 Å². The Morgan fingerprint density at radius 2 is 2.58 bits per heavy atom. The van der Waals surface area contributed by atoms with E-state index in [4.69, 9.17) is 10.8 Å². The van der Waals surface area contributed by atoms with E-state index in [9.17, 15) is 4.79 Å². The average Bonchev–Trinajstić information content (AvgIpc) is 2.35. The minimum Gasteiger partial charge on any atom is -0.481 e. The van der Waals surface area contributed by atoms with Gasteiger partial charge in [0.25, 0.3) is 0 Å². The molecule has 1 rings (SSSR count). The van der Waals surface area contributed by atoms with Crippen LogP contribution in [0.5, 0.6) is 0 Å². The van der Waals surface area contributed by atoms with Gasteiger partial charge in [-0.15, -0.1) is 0 Å². The Labute approximate surface area is 69.6 Å². The number of carboxylic acids is 1. The summed E-state index contributed by atoms with van der Waals surface area (Å²) < 4.78 is 0. The summed E-state index contributed by atoms with van der Waals surface area (Å²) in [5, 5.41) is 14.9. The van der Waals surface area contributed by atoms with Gasteiger partial charge in [0, 0.05) is 18.2 Å². The standard InChI is InChI=1S/C7H11N3O2/c1-4(7(11)12)2-5-3-6(8)10-9-5/h3-4H,2H2,1H3,(H,11,12)(H3,8,9,10). The number of carboxylic acid groups (broad SMARTS) is 1. The summed E-state index contributed by atoms with van der Waals surface area (Å²) in [6.07, 6.45) is 0.430. The molecule has 1 heterocycles. The van der Waals surface area contributed by atoms with Crippen LogP contribution in [-0.4, -0.2) is 21.3 Å². The lowest BCUT2D eigenvalue weighted by atomic mass is 10.1. The summed E-state index contributed by atoms with van der Waals surface area (Å²) in [4.78, 5) is 10.4. The number of aromatic amines is 1. The second-order valence-corrected chi connectivity index (χ2v) is 2.76. The van der Waals surface area contributed by atoms with E-state index in [-0.39, 0.29) is 0 Å². The van der Waals surface area contributed by atoms with E-state index in [1.165, 1.54) is 0 Å². The first kappa shape index (κ1) is 8.58. The van der Waals surface area contributed by atoms with E-state index in [2.05, 4.69) is 10.2 Å². The molecule has 0 aliphatic heterocycles. The van der Waals surface area contributed by atoms with Crippen LogP contribution in [0.25, 0.3) is 0 Å². The zero-order valence-electron chi connectivity index (χ0n) is 6.74. The highest BCUT2D eigenvalue weighted by atomic mass is 16.4. The normalized spacial score (nSPS) is 12.8. The van der Waals surface area contributed by atoms with Crippen molar-refractivity contribution in [2.75, 3.05) is 5.73 Å². The van der Waals surface area contributed by atoms with Crippen molar-refractivity contribution in [1.82, 2.24) is 10.2 Å². The predicted octanol–water partition coefficient (Wildman–Crippen LogP) is 0.255. The van der Waals surface area contributed by atoms with Crippen molar-refractivity contribution in [1.29, 1.82) is 0 Å². The molecule has 0 aliphatic rings. The Bertz CT molecular complexity index is 282. The van der Waals surface area contributed by atoms with Gasteiger partial charge in [-0.05, 0) is 0 Å². The SMILES string of the molecule is CC(Cc1cc(N)n[nH]1)C(=O)O. The Morgan fingerprint density at radius 3 is 3.00 bits per heavy atom. The number of nitrogens with one attached hydrogen (secondary N) is 1. The van der Waals surface area contributed by atoms with Gasteiger partial charge < -0.3 is 10.8 Å². The van der Waals surface area contributed by atoms with Gasteiger partial charge in [-0.25, -0.2) is 0 Å². The topological polar surface area (TPSA) is 92.0 Å². The molecule has 1 aromatic heterocycles. The van der Waals surface area contributed by atoms with Gasteiger partial charge in [-0.3, -0.25) is 9.89 Å². The molecule has 4 N–H and O–H groups in total. The number of nitrogens with two attached hydrogens (primary N) is 1. The van der Waals surface area contributed by atoms with Crippen LogP contribution in [-0.2, 0) is 11.2 Å². The maximum Gasteiger partial charge on any atom is 0.306 e. The summed E-state index contributed by atoms with van der Waals surface area (Å²) in [7, 11) is 0. The van der Waals surface area contributed by atoms with Crippen LogP contribution >= 0.6 is 0 Å². The van der Waals surface area contributed by atoms with Crippen molar-refractivity contribution in [3.63, 3.8) is 0 Å². The molecular weight excluding hydrogens is 158 g/mol. The molecule has 0 fully saturated rings. The number of hydrogen-bond acceptors (Lipinski definition) is 3. The van der Waals surface area contributed by atoms with Crippen LogP contribution in [0, 0.1) is 5.92 Å². The number of H-pyrrole nitrogens is 1. The number of carbonyl (C=O) groups is 1. The van der Waals surface area contributed by atoms with Gasteiger partial charge in [0.2, 0.25) is 0 Å². The van der Waals surface area contributed by atoms with Crippen molar-refractivity contribution in [3.8, 4) is 0 Å². The quantitative estimate of drug-likeness (QED) is 0.605. The lowest BCUT2D eigenvalue weighted by Gasteiger charge is -2.01. The van der Waals surface area contributed by atoms with E-state index in [1.54, 1.807) is 13.0 Å². The van der Waals surface area contributed by atoms with Gasteiger partial charge in [-0.2, -0.15) is 5.10 Å². The first-order valence-corrected chi connectivity index (χ1v) is 3.62. The van der Waals surface area contributed by atoms with Gasteiger partial charge in [0.05, 0.1) is 5.92 Å². The highest BCUT2D eigenvalue weighted by molar-refractivity contribution is 5.69. The first-order chi connectivity index (χ1) is 5.59. The fraction of sp³-hybridized carbons (Fsp3) is 0.429. The highest BCUT2D eigenvalue weighted by Crippen LogP contribution is 2.07. The zero-order valence-corrected chi connectivity index (χ0v) is 6.74. The zero-order chi connectivity index (χ0) is 9.14. The number of nitrogen functional groups attached to an aromatic ring is 1. The molecular formula is C7H11N3O2. The third-order valence-corrected chi connectivity index (χ3v) is 1.60. The molecule has 0 bridgehead atoms. The maximum atomic E-state index is 10.4. The summed E-state index contributed by atoms with van der Waals surface area (Å²) in [6.45, 7) is 1.64. The molecule has 0 spiro atoms. The van der Waals surface area contributed by atoms with Crippen LogP contribution < -0.4 is 5.73 Å². The first-order valence-electron chi connectivity index (χ1n) is 3.62. The Kier molecular flexibility index (Phi) is 2.32. The Morgan fingerprint density at radius 1 is 1.92 bits per heavy atom. The number of aliphatic carboxylic acids is 1. The number of nitrogens with zero attached hydrogens (tertiary/aromatic N) is 1. The molecule has 0 amide bonds. The van der Waals surface area contributed by atoms with Gasteiger partial charge in [-0.1, -0.05) is 6.92 Å². The molecule has 0 aromatic carbocycles. The van der Waals surface area contributed by atoms with Crippen LogP contribution in [0.4, 0.5) is 5.82 Å². The summed E-state index contributed by atoms with van der Waals surface area (Å²) in [6, 6.07) is 1.64. The van der Waals surface area contributed by atoms with Gasteiger partial charge >= 0.3 is 5.97 Å². The molecule has 1 atom stereocenters. The van der Waals surface area contributed by atoms with E-state index >= 15 is 0 Å². The number of anilines is 1. The molecule has 0 radical (unpaired) electrons.